The van der Waals surface area contributed by atoms with Gasteiger partial charge < -0.3 is 14.8 Å². The van der Waals surface area contributed by atoms with Crippen molar-refractivity contribution in [2.75, 3.05) is 19.0 Å². The van der Waals surface area contributed by atoms with Crippen LogP contribution in [0.2, 0.25) is 0 Å². The summed E-state index contributed by atoms with van der Waals surface area (Å²) in [5.41, 5.74) is 2.69. The van der Waals surface area contributed by atoms with Crippen LogP contribution in [0.25, 0.3) is 0 Å². The van der Waals surface area contributed by atoms with E-state index in [-0.39, 0.29) is 0 Å². The molecule has 110 valence electrons. The standard InChI is InChI=1S/C18H21NO2/c1-20-17-8-4-5-9-18(17)21-13-12-15-11-10-14-6-2-3-7-16(14)19-15/h2-9,15,19H,10-13H2,1H3. The second kappa shape index (κ2) is 6.53. The fraction of sp³-hybridized carbons (Fsp3) is 0.333. The van der Waals surface area contributed by atoms with E-state index >= 15 is 0 Å². The zero-order chi connectivity index (χ0) is 14.5. The summed E-state index contributed by atoms with van der Waals surface area (Å²) in [6.45, 7) is 0.695. The van der Waals surface area contributed by atoms with Crippen molar-refractivity contribution in [2.45, 2.75) is 25.3 Å². The number of hydrogen-bond acceptors (Lipinski definition) is 3. The van der Waals surface area contributed by atoms with E-state index in [1.165, 1.54) is 11.3 Å². The molecule has 1 aliphatic rings. The molecule has 0 saturated carbocycles. The van der Waals surface area contributed by atoms with Crippen molar-refractivity contribution in [1.29, 1.82) is 0 Å². The normalized spacial score (nSPS) is 16.7. The van der Waals surface area contributed by atoms with Gasteiger partial charge in [0.25, 0.3) is 0 Å². The highest BCUT2D eigenvalue weighted by Gasteiger charge is 2.17. The van der Waals surface area contributed by atoms with Crippen molar-refractivity contribution >= 4 is 5.69 Å². The highest BCUT2D eigenvalue weighted by atomic mass is 16.5. The summed E-state index contributed by atoms with van der Waals surface area (Å²) in [5, 5.41) is 3.60. The molecule has 2 aromatic rings. The third-order valence-electron chi connectivity index (χ3n) is 3.93. The predicted molar refractivity (Wildman–Crippen MR) is 85.3 cm³/mol. The van der Waals surface area contributed by atoms with Crippen LogP contribution in [0.3, 0.4) is 0 Å². The second-order valence-corrected chi connectivity index (χ2v) is 5.33. The summed E-state index contributed by atoms with van der Waals surface area (Å²) in [6, 6.07) is 16.8. The van der Waals surface area contributed by atoms with E-state index in [0.29, 0.717) is 12.6 Å². The van der Waals surface area contributed by atoms with Crippen LogP contribution in [0.1, 0.15) is 18.4 Å². The minimum atomic E-state index is 0.481. The Hall–Kier alpha value is -2.16. The van der Waals surface area contributed by atoms with Crippen molar-refractivity contribution in [1.82, 2.24) is 0 Å². The maximum atomic E-state index is 5.85. The molecule has 1 unspecified atom stereocenters. The fourth-order valence-corrected chi connectivity index (χ4v) is 2.77. The molecule has 0 amide bonds. The van der Waals surface area contributed by atoms with Gasteiger partial charge in [-0.1, -0.05) is 30.3 Å². The number of rotatable bonds is 5. The van der Waals surface area contributed by atoms with Crippen LogP contribution in [0.5, 0.6) is 11.5 Å². The molecule has 1 N–H and O–H groups in total. The topological polar surface area (TPSA) is 30.5 Å². The Labute approximate surface area is 125 Å². The average molecular weight is 283 g/mol. The van der Waals surface area contributed by atoms with Crippen molar-refractivity contribution in [3.8, 4) is 11.5 Å². The van der Waals surface area contributed by atoms with E-state index in [2.05, 4.69) is 29.6 Å². The molecule has 2 aromatic carbocycles. The first kappa shape index (κ1) is 13.8. The van der Waals surface area contributed by atoms with Crippen LogP contribution < -0.4 is 14.8 Å². The van der Waals surface area contributed by atoms with Gasteiger partial charge in [0.2, 0.25) is 0 Å². The molecule has 3 nitrogen and oxygen atoms in total. The summed E-state index contributed by atoms with van der Waals surface area (Å²) in [4.78, 5) is 0. The molecule has 0 aliphatic carbocycles. The zero-order valence-electron chi connectivity index (χ0n) is 12.3. The number of aryl methyl sites for hydroxylation is 1. The Morgan fingerprint density at radius 3 is 2.67 bits per heavy atom. The highest BCUT2D eigenvalue weighted by Crippen LogP contribution is 2.28. The van der Waals surface area contributed by atoms with E-state index in [9.17, 15) is 0 Å². The van der Waals surface area contributed by atoms with Gasteiger partial charge in [-0.2, -0.15) is 0 Å². The Morgan fingerprint density at radius 1 is 1.05 bits per heavy atom. The summed E-state index contributed by atoms with van der Waals surface area (Å²) in [5.74, 6) is 1.61. The third kappa shape index (κ3) is 3.30. The number of fused-ring (bicyclic) bond motifs is 1. The maximum absolute atomic E-state index is 5.85. The van der Waals surface area contributed by atoms with E-state index in [1.54, 1.807) is 7.11 Å². The van der Waals surface area contributed by atoms with E-state index in [4.69, 9.17) is 9.47 Å². The molecule has 1 aliphatic heterocycles. The van der Waals surface area contributed by atoms with Crippen LogP contribution in [-0.4, -0.2) is 19.8 Å². The van der Waals surface area contributed by atoms with Gasteiger partial charge in [0.05, 0.1) is 13.7 Å². The van der Waals surface area contributed by atoms with E-state index in [1.807, 2.05) is 24.3 Å². The zero-order valence-corrected chi connectivity index (χ0v) is 12.3. The molecule has 3 rings (SSSR count). The molecular formula is C18H21NO2. The fourth-order valence-electron chi connectivity index (χ4n) is 2.77. The van der Waals surface area contributed by atoms with Gasteiger partial charge in [0.1, 0.15) is 0 Å². The summed E-state index contributed by atoms with van der Waals surface area (Å²) >= 11 is 0. The number of ether oxygens (including phenoxy) is 2. The lowest BCUT2D eigenvalue weighted by Crippen LogP contribution is -2.27. The van der Waals surface area contributed by atoms with Gasteiger partial charge in [-0.15, -0.1) is 0 Å². The molecule has 0 radical (unpaired) electrons. The molecule has 0 fully saturated rings. The van der Waals surface area contributed by atoms with Gasteiger partial charge in [-0.25, -0.2) is 0 Å². The van der Waals surface area contributed by atoms with Gasteiger partial charge in [0.15, 0.2) is 11.5 Å². The van der Waals surface area contributed by atoms with Gasteiger partial charge in [0, 0.05) is 18.2 Å². The minimum absolute atomic E-state index is 0.481. The van der Waals surface area contributed by atoms with Gasteiger partial charge in [-0.3, -0.25) is 0 Å². The Bertz CT molecular complexity index is 597. The van der Waals surface area contributed by atoms with Crippen LogP contribution in [-0.2, 0) is 6.42 Å². The molecule has 3 heteroatoms. The number of hydrogen-bond donors (Lipinski definition) is 1. The molecule has 1 atom stereocenters. The first-order chi connectivity index (χ1) is 10.4. The number of nitrogens with one attached hydrogen (secondary N) is 1. The molecule has 21 heavy (non-hydrogen) atoms. The van der Waals surface area contributed by atoms with Crippen LogP contribution in [0.15, 0.2) is 48.5 Å². The Balaban J connectivity index is 1.53. The number of methoxy groups -OCH3 is 1. The lowest BCUT2D eigenvalue weighted by Gasteiger charge is -2.27. The van der Waals surface area contributed by atoms with Crippen molar-refractivity contribution in [2.24, 2.45) is 0 Å². The molecule has 0 bridgehead atoms. The molecule has 0 spiro atoms. The van der Waals surface area contributed by atoms with Crippen molar-refractivity contribution < 1.29 is 9.47 Å². The van der Waals surface area contributed by atoms with Crippen molar-refractivity contribution in [3.05, 3.63) is 54.1 Å². The maximum Gasteiger partial charge on any atom is 0.161 e. The Kier molecular flexibility index (Phi) is 4.29. The summed E-state index contributed by atoms with van der Waals surface area (Å²) in [6.07, 6.45) is 3.29. The Morgan fingerprint density at radius 2 is 1.81 bits per heavy atom. The lowest BCUT2D eigenvalue weighted by atomic mass is 9.96. The molecular weight excluding hydrogens is 262 g/mol. The first-order valence-electron chi connectivity index (χ1n) is 7.47. The van der Waals surface area contributed by atoms with Gasteiger partial charge >= 0.3 is 0 Å². The third-order valence-corrected chi connectivity index (χ3v) is 3.93. The van der Waals surface area contributed by atoms with Crippen molar-refractivity contribution in [3.63, 3.8) is 0 Å². The minimum Gasteiger partial charge on any atom is -0.493 e. The number of para-hydroxylation sites is 3. The molecule has 0 aromatic heterocycles. The van der Waals surface area contributed by atoms with E-state index in [0.717, 1.165) is 30.8 Å². The molecule has 1 heterocycles. The highest BCUT2D eigenvalue weighted by molar-refractivity contribution is 5.53. The SMILES string of the molecule is COc1ccccc1OCCC1CCc2ccccc2N1. The smallest absolute Gasteiger partial charge is 0.161 e. The quantitative estimate of drug-likeness (QED) is 0.903. The van der Waals surface area contributed by atoms with Gasteiger partial charge in [-0.05, 0) is 36.6 Å². The van der Waals surface area contributed by atoms with Crippen LogP contribution >= 0.6 is 0 Å². The average Bonchev–Trinajstić information content (AvgIpc) is 2.55. The largest absolute Gasteiger partial charge is 0.493 e. The summed E-state index contributed by atoms with van der Waals surface area (Å²) in [7, 11) is 1.67. The number of anilines is 1. The summed E-state index contributed by atoms with van der Waals surface area (Å²) < 4.78 is 11.1. The van der Waals surface area contributed by atoms with Crippen LogP contribution in [0.4, 0.5) is 5.69 Å². The second-order valence-electron chi connectivity index (χ2n) is 5.33. The lowest BCUT2D eigenvalue weighted by molar-refractivity contribution is 0.279. The number of benzene rings is 2. The monoisotopic (exact) mass is 283 g/mol. The predicted octanol–water partition coefficient (Wildman–Crippen LogP) is 3.89. The van der Waals surface area contributed by atoms with Crippen LogP contribution in [0, 0.1) is 0 Å². The first-order valence-corrected chi connectivity index (χ1v) is 7.47. The molecule has 0 saturated heterocycles. The van der Waals surface area contributed by atoms with E-state index < -0.39 is 0 Å².